The zero-order valence-electron chi connectivity index (χ0n) is 19.2. The molecular formula is C25H23FN6O3. The molecule has 1 saturated heterocycles. The molecule has 3 heterocycles. The fraction of sp³-hybridized carbons (Fsp3) is 0.240. The van der Waals surface area contributed by atoms with Gasteiger partial charge in [-0.15, -0.1) is 0 Å². The zero-order valence-corrected chi connectivity index (χ0v) is 19.2. The van der Waals surface area contributed by atoms with E-state index in [1.807, 2.05) is 13.0 Å². The first kappa shape index (κ1) is 22.5. The van der Waals surface area contributed by atoms with Crippen LogP contribution in [0.1, 0.15) is 33.5 Å². The van der Waals surface area contributed by atoms with Gasteiger partial charge in [-0.1, -0.05) is 18.2 Å². The Bertz CT molecular complexity index is 1440. The molecule has 2 aromatic carbocycles. The lowest BCUT2D eigenvalue weighted by Crippen LogP contribution is -2.56. The monoisotopic (exact) mass is 474 g/mol. The number of ketones is 1. The number of nitrogens with zero attached hydrogens (tertiary/aromatic N) is 5. The number of carbonyl (C=O) groups excluding carboxylic acids is 3. The summed E-state index contributed by atoms with van der Waals surface area (Å²) >= 11 is 0. The third kappa shape index (κ3) is 3.96. The fourth-order valence-electron chi connectivity index (χ4n) is 4.47. The Morgan fingerprint density at radius 2 is 1.86 bits per heavy atom. The maximum absolute atomic E-state index is 14.8. The quantitative estimate of drug-likeness (QED) is 0.362. The molecule has 4 aromatic rings. The molecule has 1 N–H and O–H groups in total. The molecule has 2 amide bonds. The van der Waals surface area contributed by atoms with Crippen LogP contribution in [0, 0.1) is 12.7 Å². The fourth-order valence-corrected chi connectivity index (χ4v) is 4.47. The summed E-state index contributed by atoms with van der Waals surface area (Å²) in [5.74, 6) is -1.74. The highest BCUT2D eigenvalue weighted by atomic mass is 19.1. The number of hydrogen-bond acceptors (Lipinski definition) is 5. The van der Waals surface area contributed by atoms with Crippen molar-refractivity contribution in [3.63, 3.8) is 0 Å². The van der Waals surface area contributed by atoms with Gasteiger partial charge in [0.05, 0.1) is 16.8 Å². The van der Waals surface area contributed by atoms with Crippen molar-refractivity contribution >= 4 is 28.5 Å². The standard InChI is InChI=1S/C25H23FN6O3/c1-15-13-30(10-11-31(15)24(34)17-6-4-3-5-7-17)25(35)23(33)18-12-27-22-20(9-8-19(26)21(18)22)32-14-28-16(2)29-32/h3-9,12,14-15,27H,10-11,13H2,1-2H3/t15-/m1/s1. The third-order valence-corrected chi connectivity index (χ3v) is 6.25. The lowest BCUT2D eigenvalue weighted by Gasteiger charge is -2.39. The highest BCUT2D eigenvalue weighted by molar-refractivity contribution is 6.45. The molecule has 1 aliphatic rings. The summed E-state index contributed by atoms with van der Waals surface area (Å²) in [5.41, 5.74) is 1.38. The Hall–Kier alpha value is -4.34. The van der Waals surface area contributed by atoms with Crippen LogP contribution in [0.5, 0.6) is 0 Å². The average Bonchev–Trinajstić information content (AvgIpc) is 3.51. The molecule has 1 atom stereocenters. The van der Waals surface area contributed by atoms with Crippen molar-refractivity contribution in [2.45, 2.75) is 19.9 Å². The molecule has 0 bridgehead atoms. The largest absolute Gasteiger partial charge is 0.359 e. The van der Waals surface area contributed by atoms with Gasteiger partial charge in [0.25, 0.3) is 17.6 Å². The van der Waals surface area contributed by atoms with E-state index in [2.05, 4.69) is 15.1 Å². The summed E-state index contributed by atoms with van der Waals surface area (Å²) in [6, 6.07) is 11.4. The van der Waals surface area contributed by atoms with E-state index in [9.17, 15) is 18.8 Å². The van der Waals surface area contributed by atoms with E-state index in [1.54, 1.807) is 36.1 Å². The molecule has 0 unspecified atom stereocenters. The number of benzene rings is 2. The number of aryl methyl sites for hydroxylation is 1. The predicted molar refractivity (Wildman–Crippen MR) is 126 cm³/mol. The van der Waals surface area contributed by atoms with Crippen molar-refractivity contribution in [1.29, 1.82) is 0 Å². The molecule has 0 aliphatic carbocycles. The van der Waals surface area contributed by atoms with E-state index in [-0.39, 0.29) is 36.0 Å². The van der Waals surface area contributed by atoms with Gasteiger partial charge < -0.3 is 14.8 Å². The lowest BCUT2D eigenvalue weighted by atomic mass is 10.1. The Morgan fingerprint density at radius 3 is 2.54 bits per heavy atom. The molecular weight excluding hydrogens is 451 g/mol. The minimum Gasteiger partial charge on any atom is -0.359 e. The van der Waals surface area contributed by atoms with Gasteiger partial charge in [-0.05, 0) is 38.1 Å². The van der Waals surface area contributed by atoms with Gasteiger partial charge in [-0.3, -0.25) is 14.4 Å². The first-order valence-electron chi connectivity index (χ1n) is 11.2. The molecule has 10 heteroatoms. The highest BCUT2D eigenvalue weighted by Crippen LogP contribution is 2.28. The Balaban J connectivity index is 1.37. The second-order valence-electron chi connectivity index (χ2n) is 8.55. The van der Waals surface area contributed by atoms with Crippen LogP contribution < -0.4 is 0 Å². The minimum atomic E-state index is -0.808. The smallest absolute Gasteiger partial charge is 0.295 e. The van der Waals surface area contributed by atoms with Crippen molar-refractivity contribution in [2.24, 2.45) is 0 Å². The SMILES string of the molecule is Cc1ncn(-c2ccc(F)c3c(C(=O)C(=O)N4CCN(C(=O)c5ccccc5)[C@H](C)C4)c[nH]c23)n1. The molecule has 0 saturated carbocycles. The van der Waals surface area contributed by atoms with Crippen LogP contribution >= 0.6 is 0 Å². The molecule has 9 nitrogen and oxygen atoms in total. The van der Waals surface area contributed by atoms with Crippen LogP contribution in [0.15, 0.2) is 55.0 Å². The number of carbonyl (C=O) groups is 3. The number of fused-ring (bicyclic) bond motifs is 1. The van der Waals surface area contributed by atoms with E-state index < -0.39 is 17.5 Å². The van der Waals surface area contributed by atoms with Gasteiger partial charge >= 0.3 is 0 Å². The van der Waals surface area contributed by atoms with Gasteiger partial charge in [0.2, 0.25) is 0 Å². The van der Waals surface area contributed by atoms with Crippen molar-refractivity contribution in [3.8, 4) is 5.69 Å². The first-order chi connectivity index (χ1) is 16.8. The second kappa shape index (κ2) is 8.79. The average molecular weight is 474 g/mol. The van der Waals surface area contributed by atoms with Crippen LogP contribution in [0.2, 0.25) is 0 Å². The summed E-state index contributed by atoms with van der Waals surface area (Å²) in [7, 11) is 0. The molecule has 2 aromatic heterocycles. The van der Waals surface area contributed by atoms with E-state index >= 15 is 0 Å². The number of nitrogens with one attached hydrogen (secondary N) is 1. The third-order valence-electron chi connectivity index (χ3n) is 6.25. The first-order valence-corrected chi connectivity index (χ1v) is 11.2. The number of halogens is 1. The number of aromatic amines is 1. The molecule has 0 radical (unpaired) electrons. The van der Waals surface area contributed by atoms with E-state index in [4.69, 9.17) is 0 Å². The van der Waals surface area contributed by atoms with Crippen molar-refractivity contribution in [1.82, 2.24) is 29.5 Å². The zero-order chi connectivity index (χ0) is 24.7. The van der Waals surface area contributed by atoms with Crippen LogP contribution in [0.25, 0.3) is 16.6 Å². The van der Waals surface area contributed by atoms with Crippen molar-refractivity contribution in [2.75, 3.05) is 19.6 Å². The van der Waals surface area contributed by atoms with E-state index in [0.717, 1.165) is 0 Å². The summed E-state index contributed by atoms with van der Waals surface area (Å²) < 4.78 is 16.3. The van der Waals surface area contributed by atoms with Gasteiger partial charge in [0.1, 0.15) is 18.0 Å². The Kier molecular flexibility index (Phi) is 5.64. The molecule has 178 valence electrons. The normalized spacial score (nSPS) is 16.0. The molecule has 1 aliphatic heterocycles. The Labute approximate surface area is 200 Å². The van der Waals surface area contributed by atoms with Crippen LogP contribution in [0.3, 0.4) is 0 Å². The van der Waals surface area contributed by atoms with Crippen LogP contribution in [-0.4, -0.2) is 72.8 Å². The number of amides is 2. The second-order valence-corrected chi connectivity index (χ2v) is 8.55. The van der Waals surface area contributed by atoms with E-state index in [0.29, 0.717) is 29.1 Å². The Morgan fingerprint density at radius 1 is 1.09 bits per heavy atom. The number of piperazine rings is 1. The maximum Gasteiger partial charge on any atom is 0.295 e. The maximum atomic E-state index is 14.8. The van der Waals surface area contributed by atoms with Gasteiger partial charge in [0.15, 0.2) is 0 Å². The van der Waals surface area contributed by atoms with Gasteiger partial charge in [-0.25, -0.2) is 14.1 Å². The minimum absolute atomic E-state index is 0.0277. The van der Waals surface area contributed by atoms with E-state index in [1.165, 1.54) is 34.2 Å². The van der Waals surface area contributed by atoms with Crippen LogP contribution in [0.4, 0.5) is 4.39 Å². The summed E-state index contributed by atoms with van der Waals surface area (Å²) in [6.45, 7) is 4.28. The van der Waals surface area contributed by atoms with Crippen LogP contribution in [-0.2, 0) is 4.79 Å². The number of aromatic nitrogens is 4. The molecule has 35 heavy (non-hydrogen) atoms. The topological polar surface area (TPSA) is 104 Å². The summed E-state index contributed by atoms with van der Waals surface area (Å²) in [4.78, 5) is 49.2. The summed E-state index contributed by atoms with van der Waals surface area (Å²) in [6.07, 6.45) is 2.84. The number of rotatable bonds is 4. The predicted octanol–water partition coefficient (Wildman–Crippen LogP) is 2.75. The molecule has 5 rings (SSSR count). The van der Waals surface area contributed by atoms with Gasteiger partial charge in [-0.2, -0.15) is 5.10 Å². The van der Waals surface area contributed by atoms with Crippen molar-refractivity contribution in [3.05, 3.63) is 77.8 Å². The summed E-state index contributed by atoms with van der Waals surface area (Å²) in [5, 5.41) is 4.27. The number of Topliss-reactive ketones (excluding diaryl/α,β-unsaturated/α-hetero) is 1. The van der Waals surface area contributed by atoms with Gasteiger partial charge in [0, 0.05) is 42.8 Å². The molecule has 0 spiro atoms. The lowest BCUT2D eigenvalue weighted by molar-refractivity contribution is -0.128. The molecule has 1 fully saturated rings. The van der Waals surface area contributed by atoms with Crippen molar-refractivity contribution < 1.29 is 18.8 Å². The number of H-pyrrole nitrogens is 1. The number of hydrogen-bond donors (Lipinski definition) is 1. The highest BCUT2D eigenvalue weighted by Gasteiger charge is 2.34.